The lowest BCUT2D eigenvalue weighted by Crippen LogP contribution is -2.24. The van der Waals surface area contributed by atoms with Crippen molar-refractivity contribution in [3.63, 3.8) is 0 Å². The minimum atomic E-state index is -0.442. The van der Waals surface area contributed by atoms with Gasteiger partial charge >= 0.3 is 0 Å². The van der Waals surface area contributed by atoms with Gasteiger partial charge in [0, 0.05) is 47.7 Å². The van der Waals surface area contributed by atoms with Crippen molar-refractivity contribution in [1.82, 2.24) is 24.2 Å². The molecule has 0 spiro atoms. The van der Waals surface area contributed by atoms with E-state index in [1.54, 1.807) is 18.5 Å². The molecule has 2 fully saturated rings. The van der Waals surface area contributed by atoms with Gasteiger partial charge in [-0.2, -0.15) is 0 Å². The number of rotatable bonds is 5. The molecule has 27 heavy (non-hydrogen) atoms. The third-order valence-electron chi connectivity index (χ3n) is 4.80. The molecule has 1 atom stereocenters. The molecule has 3 aromatic heterocycles. The number of aromatic amines is 1. The molecule has 1 aliphatic heterocycles. The van der Waals surface area contributed by atoms with Gasteiger partial charge in [0.15, 0.2) is 17.5 Å². The van der Waals surface area contributed by atoms with Gasteiger partial charge in [-0.1, -0.05) is 23.5 Å². The van der Waals surface area contributed by atoms with Crippen LogP contribution in [0, 0.1) is 5.82 Å². The maximum atomic E-state index is 14.3. The maximum Gasteiger partial charge on any atom is 0.183 e. The van der Waals surface area contributed by atoms with Gasteiger partial charge in [-0.15, -0.1) is 0 Å². The lowest BCUT2D eigenvalue weighted by atomic mass is 10.2. The van der Waals surface area contributed by atoms with Crippen molar-refractivity contribution < 1.29 is 4.39 Å². The van der Waals surface area contributed by atoms with E-state index in [9.17, 15) is 4.39 Å². The SMILES string of the molecule is Fc1cnc(-c2c[nH]c3ncc(Cl)cc23)nc1N[C@H]1CCN(SC2CC2)C1. The lowest BCUT2D eigenvalue weighted by Gasteiger charge is -2.16. The number of nitrogens with one attached hydrogen (secondary N) is 2. The zero-order valence-electron chi connectivity index (χ0n) is 14.5. The minimum Gasteiger partial charge on any atom is -0.363 e. The second-order valence-electron chi connectivity index (χ2n) is 6.96. The van der Waals surface area contributed by atoms with Crippen LogP contribution in [-0.2, 0) is 0 Å². The van der Waals surface area contributed by atoms with E-state index in [1.165, 1.54) is 19.0 Å². The number of halogens is 2. The average molecular weight is 405 g/mol. The summed E-state index contributed by atoms with van der Waals surface area (Å²) in [5.41, 5.74) is 1.45. The Labute approximate surface area is 165 Å². The molecule has 2 N–H and O–H groups in total. The minimum absolute atomic E-state index is 0.188. The summed E-state index contributed by atoms with van der Waals surface area (Å²) in [6.07, 6.45) is 8.17. The number of nitrogens with zero attached hydrogens (tertiary/aromatic N) is 4. The monoisotopic (exact) mass is 404 g/mol. The molecule has 6 nitrogen and oxygen atoms in total. The van der Waals surface area contributed by atoms with Gasteiger partial charge in [0.1, 0.15) is 5.65 Å². The zero-order valence-corrected chi connectivity index (χ0v) is 16.0. The molecule has 1 saturated carbocycles. The van der Waals surface area contributed by atoms with E-state index in [-0.39, 0.29) is 11.9 Å². The molecule has 0 unspecified atom stereocenters. The van der Waals surface area contributed by atoms with Crippen molar-refractivity contribution in [2.24, 2.45) is 0 Å². The van der Waals surface area contributed by atoms with Crippen LogP contribution in [0.3, 0.4) is 0 Å². The second kappa shape index (κ2) is 6.92. The molecule has 5 rings (SSSR count). The highest BCUT2D eigenvalue weighted by atomic mass is 35.5. The van der Waals surface area contributed by atoms with Crippen molar-refractivity contribution in [2.45, 2.75) is 30.6 Å². The molecule has 1 aliphatic carbocycles. The van der Waals surface area contributed by atoms with Crippen molar-refractivity contribution >= 4 is 40.4 Å². The molecule has 1 saturated heterocycles. The first-order valence-corrected chi connectivity index (χ1v) is 10.2. The molecule has 0 bridgehead atoms. The lowest BCUT2D eigenvalue weighted by molar-refractivity contribution is 0.575. The predicted octanol–water partition coefficient (Wildman–Crippen LogP) is 4.11. The molecule has 2 aliphatic rings. The number of hydrogen-bond donors (Lipinski definition) is 2. The molecular formula is C18H18ClFN6S. The van der Waals surface area contributed by atoms with Crippen molar-refractivity contribution in [2.75, 3.05) is 18.4 Å². The first-order valence-electron chi connectivity index (χ1n) is 8.99. The topological polar surface area (TPSA) is 69.7 Å². The quantitative estimate of drug-likeness (QED) is 0.624. The van der Waals surface area contributed by atoms with E-state index in [2.05, 4.69) is 29.6 Å². The Morgan fingerprint density at radius 3 is 3.00 bits per heavy atom. The number of fused-ring (bicyclic) bond motifs is 1. The van der Waals surface area contributed by atoms with Crippen molar-refractivity contribution in [1.29, 1.82) is 0 Å². The van der Waals surface area contributed by atoms with E-state index >= 15 is 0 Å². The fourth-order valence-corrected chi connectivity index (χ4v) is 4.68. The normalized spacial score (nSPS) is 20.4. The molecule has 0 amide bonds. The summed E-state index contributed by atoms with van der Waals surface area (Å²) in [4.78, 5) is 15.9. The van der Waals surface area contributed by atoms with Gasteiger partial charge < -0.3 is 10.3 Å². The van der Waals surface area contributed by atoms with Gasteiger partial charge in [-0.05, 0) is 25.3 Å². The summed E-state index contributed by atoms with van der Waals surface area (Å²) in [5, 5.41) is 5.39. The Hall–Kier alpha value is -1.90. The van der Waals surface area contributed by atoms with Crippen molar-refractivity contribution in [3.05, 3.63) is 35.5 Å². The van der Waals surface area contributed by atoms with Crippen molar-refractivity contribution in [3.8, 4) is 11.4 Å². The molecule has 4 heterocycles. The highest BCUT2D eigenvalue weighted by Gasteiger charge is 2.30. The molecule has 0 radical (unpaired) electrons. The Morgan fingerprint density at radius 2 is 2.15 bits per heavy atom. The zero-order chi connectivity index (χ0) is 18.4. The largest absolute Gasteiger partial charge is 0.363 e. The van der Waals surface area contributed by atoms with Gasteiger partial charge in [-0.3, -0.25) is 0 Å². The van der Waals surface area contributed by atoms with Crippen LogP contribution in [0.15, 0.2) is 24.7 Å². The smallest absolute Gasteiger partial charge is 0.183 e. The van der Waals surface area contributed by atoms with Crippen LogP contribution in [-0.4, -0.2) is 48.6 Å². The van der Waals surface area contributed by atoms with E-state index in [0.29, 0.717) is 16.5 Å². The molecule has 9 heteroatoms. The number of aromatic nitrogens is 4. The van der Waals surface area contributed by atoms with E-state index in [1.807, 2.05) is 11.9 Å². The highest BCUT2D eigenvalue weighted by Crippen LogP contribution is 2.38. The summed E-state index contributed by atoms with van der Waals surface area (Å²) in [6, 6.07) is 1.99. The summed E-state index contributed by atoms with van der Waals surface area (Å²) in [5.74, 6) is 0.243. The van der Waals surface area contributed by atoms with E-state index in [4.69, 9.17) is 11.6 Å². The highest BCUT2D eigenvalue weighted by molar-refractivity contribution is 7.97. The molecule has 140 valence electrons. The fraction of sp³-hybridized carbons (Fsp3) is 0.389. The fourth-order valence-electron chi connectivity index (χ4n) is 3.28. The number of H-pyrrole nitrogens is 1. The first kappa shape index (κ1) is 17.2. The third kappa shape index (κ3) is 3.61. The van der Waals surface area contributed by atoms with E-state index < -0.39 is 5.82 Å². The Kier molecular flexibility index (Phi) is 4.41. The van der Waals surface area contributed by atoms with Crippen LogP contribution in [0.4, 0.5) is 10.2 Å². The van der Waals surface area contributed by atoms with Crippen LogP contribution in [0.5, 0.6) is 0 Å². The summed E-state index contributed by atoms with van der Waals surface area (Å²) >= 11 is 8.00. The Morgan fingerprint density at radius 1 is 1.26 bits per heavy atom. The Balaban J connectivity index is 1.38. The summed E-state index contributed by atoms with van der Waals surface area (Å²) in [7, 11) is 0. The summed E-state index contributed by atoms with van der Waals surface area (Å²) < 4.78 is 16.7. The number of anilines is 1. The van der Waals surface area contributed by atoms with Crippen LogP contribution in [0.1, 0.15) is 19.3 Å². The predicted molar refractivity (Wildman–Crippen MR) is 106 cm³/mol. The second-order valence-corrected chi connectivity index (χ2v) is 8.80. The number of hydrogen-bond acceptors (Lipinski definition) is 6. The molecule has 3 aromatic rings. The van der Waals surface area contributed by atoms with Gasteiger partial charge in [-0.25, -0.2) is 23.6 Å². The van der Waals surface area contributed by atoms with Crippen LogP contribution in [0.2, 0.25) is 5.02 Å². The number of pyridine rings is 1. The Bertz CT molecular complexity index is 991. The first-order chi connectivity index (χ1) is 13.2. The van der Waals surface area contributed by atoms with E-state index in [0.717, 1.165) is 35.7 Å². The molecular weight excluding hydrogens is 387 g/mol. The van der Waals surface area contributed by atoms with Gasteiger partial charge in [0.2, 0.25) is 0 Å². The summed E-state index contributed by atoms with van der Waals surface area (Å²) in [6.45, 7) is 1.91. The van der Waals surface area contributed by atoms with Crippen LogP contribution in [0.25, 0.3) is 22.4 Å². The van der Waals surface area contributed by atoms with Gasteiger partial charge in [0.05, 0.1) is 11.2 Å². The van der Waals surface area contributed by atoms with Crippen LogP contribution >= 0.6 is 23.5 Å². The maximum absolute atomic E-state index is 14.3. The average Bonchev–Trinajstić information content (AvgIpc) is 3.20. The van der Waals surface area contributed by atoms with Crippen LogP contribution < -0.4 is 5.32 Å². The third-order valence-corrected chi connectivity index (χ3v) is 6.40. The standard InChI is InChI=1S/C18H18ClFN6S/c19-10-5-13-14(7-22-16(13)21-6-10)17-23-8-15(20)18(25-17)24-11-3-4-26(9-11)27-12-1-2-12/h5-8,11-12H,1-4,9H2,(H,21,22)(H,23,24,25)/t11-/m0/s1. The van der Waals surface area contributed by atoms with Gasteiger partial charge in [0.25, 0.3) is 0 Å². The molecule has 0 aromatic carbocycles.